The maximum absolute atomic E-state index is 13.6. The molecule has 1 atom stereocenters. The van der Waals surface area contributed by atoms with Crippen LogP contribution in [-0.2, 0) is 4.84 Å². The third kappa shape index (κ3) is 2.92. The molecule has 0 unspecified atom stereocenters. The van der Waals surface area contributed by atoms with E-state index in [-0.39, 0.29) is 11.9 Å². The van der Waals surface area contributed by atoms with E-state index in [1.807, 2.05) is 36.4 Å². The molecule has 1 aliphatic heterocycles. The highest BCUT2D eigenvalue weighted by molar-refractivity contribution is 5.35. The van der Waals surface area contributed by atoms with Crippen molar-refractivity contribution in [2.24, 2.45) is 0 Å². The summed E-state index contributed by atoms with van der Waals surface area (Å²) in [7, 11) is 0. The highest BCUT2D eigenvalue weighted by Crippen LogP contribution is 2.28. The van der Waals surface area contributed by atoms with Gasteiger partial charge in [0, 0.05) is 6.07 Å². The largest absolute Gasteiger partial charge is 0.457 e. The Balaban J connectivity index is 1.85. The zero-order chi connectivity index (χ0) is 13.1. The van der Waals surface area contributed by atoms with E-state index < -0.39 is 0 Å². The van der Waals surface area contributed by atoms with Gasteiger partial charge in [-0.25, -0.2) is 4.39 Å². The van der Waals surface area contributed by atoms with Gasteiger partial charge in [-0.1, -0.05) is 18.2 Å². The van der Waals surface area contributed by atoms with Gasteiger partial charge in [-0.05, 0) is 36.2 Å². The third-order valence-electron chi connectivity index (χ3n) is 3.01. The van der Waals surface area contributed by atoms with Crippen LogP contribution < -0.4 is 10.2 Å². The fraction of sp³-hybridized carbons (Fsp3) is 0.200. The molecule has 0 bridgehead atoms. The Morgan fingerprint density at radius 2 is 1.95 bits per heavy atom. The highest BCUT2D eigenvalue weighted by atomic mass is 19.1. The number of rotatable bonds is 3. The fourth-order valence-corrected chi connectivity index (χ4v) is 2.10. The van der Waals surface area contributed by atoms with Crippen LogP contribution in [0.2, 0.25) is 0 Å². The number of para-hydroxylation sites is 1. The first-order valence-electron chi connectivity index (χ1n) is 6.22. The van der Waals surface area contributed by atoms with Gasteiger partial charge in [0.25, 0.3) is 0 Å². The predicted molar refractivity (Wildman–Crippen MR) is 69.4 cm³/mol. The summed E-state index contributed by atoms with van der Waals surface area (Å²) in [6, 6.07) is 14.1. The van der Waals surface area contributed by atoms with E-state index in [9.17, 15) is 4.39 Å². The molecule has 2 aromatic carbocycles. The summed E-state index contributed by atoms with van der Waals surface area (Å²) in [5.74, 6) is 0.877. The Morgan fingerprint density at radius 1 is 1.11 bits per heavy atom. The quantitative estimate of drug-likeness (QED) is 0.913. The topological polar surface area (TPSA) is 30.5 Å². The zero-order valence-electron chi connectivity index (χ0n) is 10.3. The number of benzene rings is 2. The molecule has 0 saturated carbocycles. The van der Waals surface area contributed by atoms with Crippen LogP contribution in [0.4, 0.5) is 4.39 Å². The van der Waals surface area contributed by atoms with Gasteiger partial charge in [0.2, 0.25) is 0 Å². The summed E-state index contributed by atoms with van der Waals surface area (Å²) in [5, 5.41) is 0. The van der Waals surface area contributed by atoms with Gasteiger partial charge in [-0.2, -0.15) is 5.48 Å². The Hall–Kier alpha value is -1.91. The van der Waals surface area contributed by atoms with Gasteiger partial charge in [0.05, 0.1) is 12.6 Å². The van der Waals surface area contributed by atoms with Crippen molar-refractivity contribution < 1.29 is 14.0 Å². The van der Waals surface area contributed by atoms with Gasteiger partial charge >= 0.3 is 0 Å². The monoisotopic (exact) mass is 259 g/mol. The SMILES string of the molecule is Fc1cc(Oc2ccccc2)cc([C@H]2CCON2)c1. The first kappa shape index (κ1) is 12.1. The summed E-state index contributed by atoms with van der Waals surface area (Å²) in [5.41, 5.74) is 3.71. The Labute approximate surface area is 110 Å². The fourth-order valence-electron chi connectivity index (χ4n) is 2.10. The molecule has 1 N–H and O–H groups in total. The maximum Gasteiger partial charge on any atom is 0.130 e. The van der Waals surface area contributed by atoms with Gasteiger partial charge < -0.3 is 9.57 Å². The van der Waals surface area contributed by atoms with Gasteiger partial charge in [-0.3, -0.25) is 0 Å². The van der Waals surface area contributed by atoms with Crippen LogP contribution in [-0.4, -0.2) is 6.61 Å². The lowest BCUT2D eigenvalue weighted by atomic mass is 10.1. The van der Waals surface area contributed by atoms with Crippen molar-refractivity contribution in [2.75, 3.05) is 6.61 Å². The Morgan fingerprint density at radius 3 is 2.68 bits per heavy atom. The molecule has 0 spiro atoms. The van der Waals surface area contributed by atoms with Crippen molar-refractivity contribution in [3.8, 4) is 11.5 Å². The van der Waals surface area contributed by atoms with E-state index in [1.54, 1.807) is 0 Å². The average molecular weight is 259 g/mol. The summed E-state index contributed by atoms with van der Waals surface area (Å²) >= 11 is 0. The molecule has 0 radical (unpaired) electrons. The van der Waals surface area contributed by atoms with Crippen molar-refractivity contribution in [3.63, 3.8) is 0 Å². The Bertz CT molecular complexity index is 553. The van der Waals surface area contributed by atoms with E-state index in [2.05, 4.69) is 5.48 Å². The van der Waals surface area contributed by atoms with Crippen LogP contribution in [0, 0.1) is 5.82 Å². The van der Waals surface area contributed by atoms with Crippen LogP contribution in [0.1, 0.15) is 18.0 Å². The van der Waals surface area contributed by atoms with Gasteiger partial charge in [-0.15, -0.1) is 0 Å². The van der Waals surface area contributed by atoms with Crippen molar-refractivity contribution in [1.82, 2.24) is 5.48 Å². The number of hydrogen-bond acceptors (Lipinski definition) is 3. The number of ether oxygens (including phenoxy) is 1. The van der Waals surface area contributed by atoms with E-state index in [0.29, 0.717) is 18.1 Å². The molecule has 0 aliphatic carbocycles. The van der Waals surface area contributed by atoms with Crippen LogP contribution in [0.5, 0.6) is 11.5 Å². The molecule has 4 heteroatoms. The molecule has 0 amide bonds. The van der Waals surface area contributed by atoms with E-state index in [1.165, 1.54) is 12.1 Å². The second kappa shape index (κ2) is 5.38. The summed E-state index contributed by atoms with van der Waals surface area (Å²) < 4.78 is 19.3. The molecule has 3 nitrogen and oxygen atoms in total. The highest BCUT2D eigenvalue weighted by Gasteiger charge is 2.18. The first-order chi connectivity index (χ1) is 9.31. The average Bonchev–Trinajstić information content (AvgIpc) is 2.93. The third-order valence-corrected chi connectivity index (χ3v) is 3.01. The maximum atomic E-state index is 13.6. The lowest BCUT2D eigenvalue weighted by molar-refractivity contribution is 0.0882. The minimum Gasteiger partial charge on any atom is -0.457 e. The summed E-state index contributed by atoms with van der Waals surface area (Å²) in [6.45, 7) is 0.635. The summed E-state index contributed by atoms with van der Waals surface area (Å²) in [4.78, 5) is 5.10. The number of hydrogen-bond donors (Lipinski definition) is 1. The number of nitrogens with one attached hydrogen (secondary N) is 1. The lowest BCUT2D eigenvalue weighted by Crippen LogP contribution is -2.11. The second-order valence-corrected chi connectivity index (χ2v) is 4.44. The van der Waals surface area contributed by atoms with E-state index in [0.717, 1.165) is 12.0 Å². The summed E-state index contributed by atoms with van der Waals surface area (Å²) in [6.07, 6.45) is 0.828. The van der Waals surface area contributed by atoms with Crippen LogP contribution in [0.15, 0.2) is 48.5 Å². The van der Waals surface area contributed by atoms with Crippen LogP contribution in [0.3, 0.4) is 0 Å². The van der Waals surface area contributed by atoms with E-state index in [4.69, 9.17) is 9.57 Å². The molecule has 3 rings (SSSR count). The van der Waals surface area contributed by atoms with E-state index >= 15 is 0 Å². The lowest BCUT2D eigenvalue weighted by Gasteiger charge is -2.12. The minimum atomic E-state index is -0.308. The molecule has 19 heavy (non-hydrogen) atoms. The molecule has 1 saturated heterocycles. The normalized spacial score (nSPS) is 18.5. The van der Waals surface area contributed by atoms with Crippen LogP contribution >= 0.6 is 0 Å². The van der Waals surface area contributed by atoms with Gasteiger partial charge in [0.15, 0.2) is 0 Å². The number of hydroxylamine groups is 1. The molecule has 1 heterocycles. The van der Waals surface area contributed by atoms with Crippen molar-refractivity contribution in [3.05, 3.63) is 59.9 Å². The molecule has 0 aromatic heterocycles. The van der Waals surface area contributed by atoms with Crippen molar-refractivity contribution in [2.45, 2.75) is 12.5 Å². The smallest absolute Gasteiger partial charge is 0.130 e. The molecular weight excluding hydrogens is 245 g/mol. The molecule has 2 aromatic rings. The minimum absolute atomic E-state index is 0.0221. The number of halogens is 1. The second-order valence-electron chi connectivity index (χ2n) is 4.44. The zero-order valence-corrected chi connectivity index (χ0v) is 10.3. The molecular formula is C15H14FNO2. The molecule has 1 fully saturated rings. The van der Waals surface area contributed by atoms with Crippen molar-refractivity contribution >= 4 is 0 Å². The van der Waals surface area contributed by atoms with Crippen molar-refractivity contribution in [1.29, 1.82) is 0 Å². The standard InChI is InChI=1S/C15H14FNO2/c16-12-8-11(15-6-7-18-17-15)9-14(10-12)19-13-4-2-1-3-5-13/h1-5,8-10,15,17H,6-7H2/t15-/m1/s1. The molecule has 98 valence electrons. The first-order valence-corrected chi connectivity index (χ1v) is 6.22. The Kier molecular flexibility index (Phi) is 3.44. The molecule has 1 aliphatic rings. The predicted octanol–water partition coefficient (Wildman–Crippen LogP) is 3.58. The van der Waals surface area contributed by atoms with Crippen LogP contribution in [0.25, 0.3) is 0 Å². The van der Waals surface area contributed by atoms with Gasteiger partial charge in [0.1, 0.15) is 17.3 Å².